The van der Waals surface area contributed by atoms with Gasteiger partial charge in [-0.05, 0) is 66.6 Å². The molecule has 3 aromatic rings. The molecule has 0 fully saturated rings. The van der Waals surface area contributed by atoms with E-state index in [1.54, 1.807) is 0 Å². The molecule has 0 atom stereocenters. The molecule has 0 radical (unpaired) electrons. The molecule has 128 valence electrons. The van der Waals surface area contributed by atoms with E-state index in [0.717, 1.165) is 16.8 Å². The average Bonchev–Trinajstić information content (AvgIpc) is 2.70. The number of nitrogens with zero attached hydrogens (tertiary/aromatic N) is 3. The largest absolute Gasteiger partial charge is 0.363 e. The predicted molar refractivity (Wildman–Crippen MR) is 124 cm³/mol. The van der Waals surface area contributed by atoms with E-state index in [2.05, 4.69) is 114 Å². The SMILES string of the molecule is CCN(CI)c1ccc(N(I)c2ccc(-c3ccncc3)cc2)cc1. The molecule has 0 saturated heterocycles. The first-order valence-corrected chi connectivity index (χ1v) is 10.6. The number of hydrogen-bond donors (Lipinski definition) is 0. The van der Waals surface area contributed by atoms with E-state index in [4.69, 9.17) is 0 Å². The number of rotatable bonds is 6. The first-order chi connectivity index (χ1) is 12.2. The van der Waals surface area contributed by atoms with Gasteiger partial charge in [0.05, 0.1) is 38.8 Å². The molecule has 0 unspecified atom stereocenters. The summed E-state index contributed by atoms with van der Waals surface area (Å²) in [6, 6.07) is 21.4. The Balaban J connectivity index is 1.77. The van der Waals surface area contributed by atoms with Crippen LogP contribution in [0.4, 0.5) is 17.1 Å². The second-order valence-corrected chi connectivity index (χ2v) is 7.20. The zero-order chi connectivity index (χ0) is 17.6. The van der Waals surface area contributed by atoms with Crippen molar-refractivity contribution in [1.29, 1.82) is 0 Å². The van der Waals surface area contributed by atoms with Gasteiger partial charge in [0.25, 0.3) is 0 Å². The standard InChI is InChI=1S/C20H19I2N3/c1-2-24(15-21)18-7-9-20(10-8-18)25(22)19-5-3-16(4-6-19)17-11-13-23-14-12-17/h3-14H,2,15H2,1H3. The topological polar surface area (TPSA) is 19.4 Å². The molecular weight excluding hydrogens is 536 g/mol. The van der Waals surface area contributed by atoms with E-state index in [1.165, 1.54) is 22.5 Å². The summed E-state index contributed by atoms with van der Waals surface area (Å²) in [7, 11) is 0. The van der Waals surface area contributed by atoms with Crippen LogP contribution in [0.3, 0.4) is 0 Å². The zero-order valence-electron chi connectivity index (χ0n) is 13.9. The van der Waals surface area contributed by atoms with Crippen LogP contribution in [0, 0.1) is 0 Å². The highest BCUT2D eigenvalue weighted by Crippen LogP contribution is 2.32. The monoisotopic (exact) mass is 555 g/mol. The molecule has 0 spiro atoms. The fourth-order valence-electron chi connectivity index (χ4n) is 2.61. The van der Waals surface area contributed by atoms with Gasteiger partial charge in [0, 0.05) is 24.6 Å². The van der Waals surface area contributed by atoms with Crippen molar-refractivity contribution in [3.05, 3.63) is 73.1 Å². The van der Waals surface area contributed by atoms with Gasteiger partial charge in [-0.3, -0.25) is 8.10 Å². The minimum absolute atomic E-state index is 0.998. The fraction of sp³-hybridized carbons (Fsp3) is 0.150. The third-order valence-electron chi connectivity index (χ3n) is 4.08. The van der Waals surface area contributed by atoms with Crippen molar-refractivity contribution in [1.82, 2.24) is 4.98 Å². The Bertz CT molecular complexity index is 785. The lowest BCUT2D eigenvalue weighted by atomic mass is 10.1. The van der Waals surface area contributed by atoms with Crippen molar-refractivity contribution < 1.29 is 0 Å². The summed E-state index contributed by atoms with van der Waals surface area (Å²) in [5.74, 6) is 0. The van der Waals surface area contributed by atoms with Gasteiger partial charge in [-0.25, -0.2) is 0 Å². The van der Waals surface area contributed by atoms with Gasteiger partial charge in [-0.15, -0.1) is 0 Å². The van der Waals surface area contributed by atoms with E-state index in [9.17, 15) is 0 Å². The predicted octanol–water partition coefficient (Wildman–Crippen LogP) is 6.46. The Morgan fingerprint density at radius 2 is 1.24 bits per heavy atom. The zero-order valence-corrected chi connectivity index (χ0v) is 18.3. The van der Waals surface area contributed by atoms with Crippen LogP contribution in [0.15, 0.2) is 73.1 Å². The maximum atomic E-state index is 4.07. The molecule has 1 aromatic heterocycles. The molecule has 25 heavy (non-hydrogen) atoms. The van der Waals surface area contributed by atoms with E-state index >= 15 is 0 Å². The van der Waals surface area contributed by atoms with Crippen LogP contribution in [0.5, 0.6) is 0 Å². The summed E-state index contributed by atoms with van der Waals surface area (Å²) in [4.78, 5) is 6.41. The lowest BCUT2D eigenvalue weighted by Gasteiger charge is -2.22. The second kappa shape index (κ2) is 8.84. The highest BCUT2D eigenvalue weighted by Gasteiger charge is 2.08. The van der Waals surface area contributed by atoms with Gasteiger partial charge in [-0.1, -0.05) is 34.7 Å². The van der Waals surface area contributed by atoms with Crippen LogP contribution in [0.2, 0.25) is 0 Å². The number of hydrogen-bond acceptors (Lipinski definition) is 3. The summed E-state index contributed by atoms with van der Waals surface area (Å²) >= 11 is 4.76. The molecule has 5 heteroatoms. The van der Waals surface area contributed by atoms with Crippen LogP contribution in [-0.2, 0) is 0 Å². The Morgan fingerprint density at radius 3 is 1.76 bits per heavy atom. The third-order valence-corrected chi connectivity index (χ3v) is 6.01. The van der Waals surface area contributed by atoms with Crippen molar-refractivity contribution in [2.24, 2.45) is 0 Å². The highest BCUT2D eigenvalue weighted by atomic mass is 127. The van der Waals surface area contributed by atoms with Gasteiger partial charge >= 0.3 is 0 Å². The molecule has 1 heterocycles. The molecule has 0 aliphatic rings. The molecule has 0 aliphatic heterocycles. The minimum atomic E-state index is 0.998. The lowest BCUT2D eigenvalue weighted by Crippen LogP contribution is -2.19. The molecular formula is C20H19I2N3. The van der Waals surface area contributed by atoms with Crippen molar-refractivity contribution in [3.63, 3.8) is 0 Å². The Hall–Kier alpha value is -1.35. The summed E-state index contributed by atoms with van der Waals surface area (Å²) in [5.41, 5.74) is 5.98. The Morgan fingerprint density at radius 1 is 0.760 bits per heavy atom. The summed E-state index contributed by atoms with van der Waals surface area (Å²) in [5, 5.41) is 0. The number of pyridine rings is 1. The number of alkyl halides is 1. The summed E-state index contributed by atoms with van der Waals surface area (Å²) in [6.45, 7) is 3.20. The van der Waals surface area contributed by atoms with Gasteiger partial charge in [0.1, 0.15) is 0 Å². The third kappa shape index (κ3) is 4.44. The van der Waals surface area contributed by atoms with Crippen LogP contribution in [0.25, 0.3) is 11.1 Å². The number of halogens is 2. The van der Waals surface area contributed by atoms with Crippen LogP contribution in [0.1, 0.15) is 6.92 Å². The molecule has 0 amide bonds. The quantitative estimate of drug-likeness (QED) is 0.151. The van der Waals surface area contributed by atoms with E-state index < -0.39 is 0 Å². The minimum Gasteiger partial charge on any atom is -0.363 e. The van der Waals surface area contributed by atoms with Gasteiger partial charge in [0.2, 0.25) is 0 Å². The Kier molecular flexibility index (Phi) is 6.52. The summed E-state index contributed by atoms with van der Waals surface area (Å²) < 4.78 is 3.18. The smallest absolute Gasteiger partial charge is 0.0699 e. The normalized spacial score (nSPS) is 10.5. The highest BCUT2D eigenvalue weighted by molar-refractivity contribution is 14.1. The first-order valence-electron chi connectivity index (χ1n) is 8.10. The van der Waals surface area contributed by atoms with Crippen LogP contribution < -0.4 is 8.01 Å². The fourth-order valence-corrected chi connectivity index (χ4v) is 4.13. The number of aromatic nitrogens is 1. The van der Waals surface area contributed by atoms with Crippen molar-refractivity contribution in [2.45, 2.75) is 6.92 Å². The summed E-state index contributed by atoms with van der Waals surface area (Å²) in [6.07, 6.45) is 3.65. The molecule has 2 aromatic carbocycles. The van der Waals surface area contributed by atoms with Crippen molar-refractivity contribution in [3.8, 4) is 11.1 Å². The van der Waals surface area contributed by atoms with Crippen molar-refractivity contribution in [2.75, 3.05) is 19.1 Å². The van der Waals surface area contributed by atoms with Crippen molar-refractivity contribution >= 4 is 62.5 Å². The van der Waals surface area contributed by atoms with Gasteiger partial charge in [0.15, 0.2) is 0 Å². The average molecular weight is 555 g/mol. The van der Waals surface area contributed by atoms with Crippen LogP contribution >= 0.6 is 45.5 Å². The number of benzene rings is 2. The van der Waals surface area contributed by atoms with Gasteiger partial charge < -0.3 is 4.90 Å². The first kappa shape index (κ1) is 18.4. The molecule has 3 nitrogen and oxygen atoms in total. The second-order valence-electron chi connectivity index (χ2n) is 5.56. The maximum absolute atomic E-state index is 4.07. The number of anilines is 3. The maximum Gasteiger partial charge on any atom is 0.0699 e. The lowest BCUT2D eigenvalue weighted by molar-refractivity contribution is 0.959. The molecule has 0 aliphatic carbocycles. The van der Waals surface area contributed by atoms with E-state index in [0.29, 0.717) is 0 Å². The Labute approximate surface area is 176 Å². The molecule has 0 saturated carbocycles. The van der Waals surface area contributed by atoms with E-state index in [-0.39, 0.29) is 0 Å². The molecule has 0 N–H and O–H groups in total. The van der Waals surface area contributed by atoms with E-state index in [1.807, 2.05) is 24.5 Å². The molecule has 0 bridgehead atoms. The van der Waals surface area contributed by atoms with Gasteiger partial charge in [-0.2, -0.15) is 0 Å². The van der Waals surface area contributed by atoms with Crippen LogP contribution in [-0.4, -0.2) is 16.1 Å². The molecule has 3 rings (SSSR count).